The van der Waals surface area contributed by atoms with Gasteiger partial charge in [0.15, 0.2) is 5.76 Å². The number of nitrogens with zero attached hydrogens (tertiary/aromatic N) is 1. The topological polar surface area (TPSA) is 90.7 Å². The molecule has 0 aliphatic heterocycles. The van der Waals surface area contributed by atoms with Crippen molar-refractivity contribution in [2.75, 3.05) is 11.9 Å². The predicted octanol–water partition coefficient (Wildman–Crippen LogP) is 4.23. The van der Waals surface area contributed by atoms with E-state index in [-0.39, 0.29) is 24.2 Å². The Bertz CT molecular complexity index is 936. The van der Waals surface area contributed by atoms with Gasteiger partial charge in [-0.2, -0.15) is 0 Å². The minimum atomic E-state index is -0.435. The van der Waals surface area contributed by atoms with Crippen molar-refractivity contribution in [1.82, 2.24) is 4.98 Å². The van der Waals surface area contributed by atoms with Crippen LogP contribution in [0.4, 0.5) is 5.69 Å². The maximum atomic E-state index is 12.2. The summed E-state index contributed by atoms with van der Waals surface area (Å²) in [5, 5.41) is 5.34. The van der Waals surface area contributed by atoms with Gasteiger partial charge in [0.1, 0.15) is 16.9 Å². The van der Waals surface area contributed by atoms with E-state index < -0.39 is 5.97 Å². The lowest BCUT2D eigenvalue weighted by atomic mass is 10.3. The van der Waals surface area contributed by atoms with E-state index in [2.05, 4.69) is 10.3 Å². The first-order chi connectivity index (χ1) is 13.5. The second-order valence-electron chi connectivity index (χ2n) is 5.88. The predicted molar refractivity (Wildman–Crippen MR) is 105 cm³/mol. The van der Waals surface area contributed by atoms with E-state index in [0.717, 1.165) is 5.01 Å². The number of hydrogen-bond donors (Lipinski definition) is 1. The van der Waals surface area contributed by atoms with Gasteiger partial charge in [0.2, 0.25) is 0 Å². The summed E-state index contributed by atoms with van der Waals surface area (Å²) < 4.78 is 15.9. The zero-order valence-electron chi connectivity index (χ0n) is 15.5. The first-order valence-electron chi connectivity index (χ1n) is 8.76. The molecule has 1 aromatic carbocycles. The number of thiazole rings is 1. The lowest BCUT2D eigenvalue weighted by molar-refractivity contribution is -0.133. The molecule has 3 aromatic rings. The molecule has 2 heterocycles. The van der Waals surface area contributed by atoms with Gasteiger partial charge < -0.3 is 19.2 Å². The SMILES string of the molecule is CCOC(C)c1nc(CC(=O)Oc2cccc(NC(=O)c3ccco3)c2)cs1. The number of nitrogens with one attached hydrogen (secondary N) is 1. The maximum absolute atomic E-state index is 12.2. The number of furan rings is 1. The Hall–Kier alpha value is -2.97. The van der Waals surface area contributed by atoms with E-state index in [4.69, 9.17) is 13.9 Å². The maximum Gasteiger partial charge on any atom is 0.317 e. The summed E-state index contributed by atoms with van der Waals surface area (Å²) in [6.45, 7) is 4.45. The summed E-state index contributed by atoms with van der Waals surface area (Å²) in [4.78, 5) is 28.7. The number of amides is 1. The second-order valence-corrected chi connectivity index (χ2v) is 6.77. The summed E-state index contributed by atoms with van der Waals surface area (Å²) in [5.74, 6) is -0.286. The molecule has 3 rings (SSSR count). The average Bonchev–Trinajstić information content (AvgIpc) is 3.34. The Kier molecular flexibility index (Phi) is 6.57. The molecular formula is C20H20N2O5S. The van der Waals surface area contributed by atoms with Gasteiger partial charge >= 0.3 is 5.97 Å². The minimum Gasteiger partial charge on any atom is -0.459 e. The zero-order chi connectivity index (χ0) is 19.9. The Balaban J connectivity index is 1.58. The molecule has 1 N–H and O–H groups in total. The monoisotopic (exact) mass is 400 g/mol. The van der Waals surface area contributed by atoms with Crippen LogP contribution in [0.1, 0.15) is 41.2 Å². The van der Waals surface area contributed by atoms with Crippen LogP contribution in [0.2, 0.25) is 0 Å². The zero-order valence-corrected chi connectivity index (χ0v) is 16.3. The van der Waals surface area contributed by atoms with Gasteiger partial charge in [0.25, 0.3) is 5.91 Å². The summed E-state index contributed by atoms with van der Waals surface area (Å²) in [5.41, 5.74) is 1.13. The molecule has 0 fully saturated rings. The molecule has 28 heavy (non-hydrogen) atoms. The molecular weight excluding hydrogens is 380 g/mol. The Labute approximate surface area is 166 Å². The molecule has 1 atom stereocenters. The Morgan fingerprint density at radius 2 is 2.14 bits per heavy atom. The molecule has 0 aliphatic carbocycles. The second kappa shape index (κ2) is 9.29. The van der Waals surface area contributed by atoms with Crippen LogP contribution >= 0.6 is 11.3 Å². The molecule has 1 amide bonds. The molecule has 8 heteroatoms. The Morgan fingerprint density at radius 1 is 1.29 bits per heavy atom. The number of carbonyl (C=O) groups excluding carboxylic acids is 2. The highest BCUT2D eigenvalue weighted by molar-refractivity contribution is 7.09. The number of hydrogen-bond acceptors (Lipinski definition) is 7. The van der Waals surface area contributed by atoms with E-state index in [1.807, 2.05) is 19.2 Å². The van der Waals surface area contributed by atoms with Gasteiger partial charge in [-0.05, 0) is 38.1 Å². The van der Waals surface area contributed by atoms with Gasteiger partial charge in [-0.1, -0.05) is 6.07 Å². The first-order valence-corrected chi connectivity index (χ1v) is 9.64. The number of rotatable bonds is 8. The van der Waals surface area contributed by atoms with E-state index >= 15 is 0 Å². The molecule has 0 aliphatic rings. The number of aromatic nitrogens is 1. The van der Waals surface area contributed by atoms with Crippen molar-refractivity contribution in [2.45, 2.75) is 26.4 Å². The average molecular weight is 400 g/mol. The summed E-state index contributed by atoms with van der Waals surface area (Å²) in [7, 11) is 0. The van der Waals surface area contributed by atoms with Crippen molar-refractivity contribution in [2.24, 2.45) is 0 Å². The normalized spacial score (nSPS) is 11.8. The van der Waals surface area contributed by atoms with Crippen LogP contribution in [0.3, 0.4) is 0 Å². The number of esters is 1. The van der Waals surface area contributed by atoms with Gasteiger partial charge in [0, 0.05) is 23.7 Å². The molecule has 2 aromatic heterocycles. The van der Waals surface area contributed by atoms with Crippen LogP contribution in [0, 0.1) is 0 Å². The number of benzene rings is 1. The number of anilines is 1. The van der Waals surface area contributed by atoms with Crippen LogP contribution in [0.15, 0.2) is 52.5 Å². The highest BCUT2D eigenvalue weighted by Crippen LogP contribution is 2.22. The third-order valence-electron chi connectivity index (χ3n) is 3.73. The fourth-order valence-electron chi connectivity index (χ4n) is 2.47. The molecule has 0 bridgehead atoms. The number of carbonyl (C=O) groups is 2. The van der Waals surface area contributed by atoms with Gasteiger partial charge in [-0.15, -0.1) is 11.3 Å². The fourth-order valence-corrected chi connectivity index (χ4v) is 3.29. The smallest absolute Gasteiger partial charge is 0.317 e. The van der Waals surface area contributed by atoms with Crippen molar-refractivity contribution in [3.8, 4) is 5.75 Å². The first kappa shape index (κ1) is 19.8. The molecule has 0 saturated carbocycles. The molecule has 7 nitrogen and oxygen atoms in total. The van der Waals surface area contributed by atoms with E-state index in [9.17, 15) is 9.59 Å². The van der Waals surface area contributed by atoms with Gasteiger partial charge in [-0.25, -0.2) is 4.98 Å². The Morgan fingerprint density at radius 3 is 2.89 bits per heavy atom. The highest BCUT2D eigenvalue weighted by Gasteiger charge is 2.14. The molecule has 1 unspecified atom stereocenters. The van der Waals surface area contributed by atoms with E-state index in [1.54, 1.807) is 36.4 Å². The van der Waals surface area contributed by atoms with Crippen LogP contribution < -0.4 is 10.1 Å². The van der Waals surface area contributed by atoms with Crippen molar-refractivity contribution < 1.29 is 23.5 Å². The quantitative estimate of drug-likeness (QED) is 0.449. The van der Waals surface area contributed by atoms with Gasteiger partial charge in [-0.3, -0.25) is 9.59 Å². The lowest BCUT2D eigenvalue weighted by Gasteiger charge is -2.08. The lowest BCUT2D eigenvalue weighted by Crippen LogP contribution is -2.13. The van der Waals surface area contributed by atoms with Crippen molar-refractivity contribution in [3.63, 3.8) is 0 Å². The van der Waals surface area contributed by atoms with E-state index in [1.165, 1.54) is 17.6 Å². The third kappa shape index (κ3) is 5.28. The molecule has 0 saturated heterocycles. The van der Waals surface area contributed by atoms with Crippen molar-refractivity contribution >= 4 is 28.9 Å². The van der Waals surface area contributed by atoms with Gasteiger partial charge in [0.05, 0.1) is 18.4 Å². The summed E-state index contributed by atoms with van der Waals surface area (Å²) in [6.07, 6.45) is 1.37. The largest absolute Gasteiger partial charge is 0.459 e. The van der Waals surface area contributed by atoms with E-state index in [0.29, 0.717) is 23.7 Å². The van der Waals surface area contributed by atoms with Crippen molar-refractivity contribution in [1.29, 1.82) is 0 Å². The fraction of sp³-hybridized carbons (Fsp3) is 0.250. The number of ether oxygens (including phenoxy) is 2. The van der Waals surface area contributed by atoms with Crippen LogP contribution in [-0.4, -0.2) is 23.5 Å². The molecule has 0 radical (unpaired) electrons. The highest BCUT2D eigenvalue weighted by atomic mass is 32.1. The van der Waals surface area contributed by atoms with Crippen molar-refractivity contribution in [3.05, 3.63) is 64.5 Å². The minimum absolute atomic E-state index is 0.0539. The third-order valence-corrected chi connectivity index (χ3v) is 4.78. The van der Waals surface area contributed by atoms with Crippen LogP contribution in [-0.2, 0) is 16.0 Å². The van der Waals surface area contributed by atoms with Crippen LogP contribution in [0.25, 0.3) is 0 Å². The molecule has 0 spiro atoms. The summed E-state index contributed by atoms with van der Waals surface area (Å²) >= 11 is 1.45. The molecule has 146 valence electrons. The standard InChI is InChI=1S/C20H20N2O5S/c1-3-25-13(2)20-22-15(12-28-20)11-18(23)27-16-7-4-6-14(10-16)21-19(24)17-8-5-9-26-17/h4-10,12-13H,3,11H2,1-2H3,(H,21,24). The summed E-state index contributed by atoms with van der Waals surface area (Å²) in [6, 6.07) is 9.79. The van der Waals surface area contributed by atoms with Crippen LogP contribution in [0.5, 0.6) is 5.75 Å².